The van der Waals surface area contributed by atoms with Crippen molar-refractivity contribution in [3.05, 3.63) is 67.4 Å². The van der Waals surface area contributed by atoms with Gasteiger partial charge in [-0.1, -0.05) is 12.1 Å². The highest BCUT2D eigenvalue weighted by Gasteiger charge is 2.14. The molecule has 0 saturated heterocycles. The normalized spacial score (nSPS) is 10.5. The quantitative estimate of drug-likeness (QED) is 0.639. The van der Waals surface area contributed by atoms with Gasteiger partial charge in [0.1, 0.15) is 5.82 Å². The highest BCUT2D eigenvalue weighted by atomic mass is 79.9. The summed E-state index contributed by atoms with van der Waals surface area (Å²) in [6.07, 6.45) is 0. The van der Waals surface area contributed by atoms with Crippen molar-refractivity contribution in [3.63, 3.8) is 0 Å². The molecule has 0 aliphatic rings. The van der Waals surface area contributed by atoms with Crippen LogP contribution in [0.5, 0.6) is 0 Å². The van der Waals surface area contributed by atoms with Crippen molar-refractivity contribution in [3.8, 4) is 0 Å². The lowest BCUT2D eigenvalue weighted by atomic mass is 10.1. The molecule has 0 saturated carbocycles. The molecule has 0 aromatic heterocycles. The van der Waals surface area contributed by atoms with Gasteiger partial charge in [-0.2, -0.15) is 0 Å². The van der Waals surface area contributed by atoms with Crippen LogP contribution < -0.4 is 5.32 Å². The van der Waals surface area contributed by atoms with Gasteiger partial charge in [0.25, 0.3) is 5.69 Å². The highest BCUT2D eigenvalue weighted by Crippen LogP contribution is 2.31. The van der Waals surface area contributed by atoms with Gasteiger partial charge >= 0.3 is 0 Å². The third-order valence-corrected chi connectivity index (χ3v) is 3.84. The van der Waals surface area contributed by atoms with E-state index in [4.69, 9.17) is 0 Å². The van der Waals surface area contributed by atoms with Crippen LogP contribution in [0.3, 0.4) is 0 Å². The van der Waals surface area contributed by atoms with Crippen LogP contribution >= 0.6 is 15.9 Å². The molecule has 0 spiro atoms. The van der Waals surface area contributed by atoms with Gasteiger partial charge in [0.05, 0.1) is 10.6 Å². The van der Waals surface area contributed by atoms with Crippen molar-refractivity contribution < 1.29 is 9.31 Å². The van der Waals surface area contributed by atoms with Gasteiger partial charge in [-0.3, -0.25) is 10.1 Å². The molecule has 0 fully saturated rings. The topological polar surface area (TPSA) is 55.2 Å². The van der Waals surface area contributed by atoms with Crippen LogP contribution in [0.1, 0.15) is 16.7 Å². The summed E-state index contributed by atoms with van der Waals surface area (Å²) in [6.45, 7) is 3.85. The zero-order valence-electron chi connectivity index (χ0n) is 11.6. The van der Waals surface area contributed by atoms with Crippen LogP contribution in [0, 0.1) is 29.8 Å². The van der Waals surface area contributed by atoms with Crippen LogP contribution in [0.2, 0.25) is 0 Å². The molecule has 4 nitrogen and oxygen atoms in total. The SMILES string of the molecule is Cc1cc(CNc2cc([N+](=O)[O-])c(C)cc2Br)ccc1F. The van der Waals surface area contributed by atoms with Crippen LogP contribution in [0.15, 0.2) is 34.8 Å². The fraction of sp³-hybridized carbons (Fsp3) is 0.200. The molecule has 6 heteroatoms. The van der Waals surface area contributed by atoms with E-state index in [0.717, 1.165) is 10.0 Å². The molecule has 2 aromatic carbocycles. The Hall–Kier alpha value is -1.95. The highest BCUT2D eigenvalue weighted by molar-refractivity contribution is 9.10. The molecule has 0 bridgehead atoms. The second kappa shape index (κ2) is 6.22. The number of nitrogens with one attached hydrogen (secondary N) is 1. The lowest BCUT2D eigenvalue weighted by molar-refractivity contribution is -0.385. The maximum atomic E-state index is 13.2. The first-order valence-electron chi connectivity index (χ1n) is 6.32. The number of nitro groups is 1. The molecule has 0 heterocycles. The number of anilines is 1. The Labute approximate surface area is 130 Å². The van der Waals surface area contributed by atoms with Crippen molar-refractivity contribution in [2.45, 2.75) is 20.4 Å². The first-order chi connectivity index (χ1) is 9.88. The molecule has 1 N–H and O–H groups in total. The third kappa shape index (κ3) is 3.58. The molecule has 110 valence electrons. The molecule has 2 aromatic rings. The summed E-state index contributed by atoms with van der Waals surface area (Å²) in [7, 11) is 0. The van der Waals surface area contributed by atoms with Gasteiger partial charge in [0.2, 0.25) is 0 Å². The maximum Gasteiger partial charge on any atom is 0.274 e. The van der Waals surface area contributed by atoms with Crippen molar-refractivity contribution in [1.82, 2.24) is 0 Å². The Bertz CT molecular complexity index is 704. The second-order valence-electron chi connectivity index (χ2n) is 4.81. The lowest BCUT2D eigenvalue weighted by Gasteiger charge is -2.10. The number of hydrogen-bond donors (Lipinski definition) is 1. The van der Waals surface area contributed by atoms with Crippen molar-refractivity contribution in [1.29, 1.82) is 0 Å². The monoisotopic (exact) mass is 352 g/mol. The minimum atomic E-state index is -0.408. The number of nitrogens with zero attached hydrogens (tertiary/aromatic N) is 1. The van der Waals surface area contributed by atoms with E-state index < -0.39 is 4.92 Å². The van der Waals surface area contributed by atoms with E-state index >= 15 is 0 Å². The molecule has 0 atom stereocenters. The minimum Gasteiger partial charge on any atom is -0.380 e. The predicted octanol–water partition coefficient (Wildman–Crippen LogP) is 4.73. The molecule has 0 aliphatic heterocycles. The molecule has 0 aliphatic carbocycles. The van der Waals surface area contributed by atoms with Gasteiger partial charge in [0, 0.05) is 22.6 Å². The summed E-state index contributed by atoms with van der Waals surface area (Å²) >= 11 is 3.38. The van der Waals surface area contributed by atoms with Crippen LogP contribution in [0.4, 0.5) is 15.8 Å². The fourth-order valence-corrected chi connectivity index (χ4v) is 2.61. The van der Waals surface area contributed by atoms with Crippen LogP contribution in [-0.2, 0) is 6.54 Å². The number of halogens is 2. The van der Waals surface area contributed by atoms with E-state index in [1.807, 2.05) is 0 Å². The summed E-state index contributed by atoms with van der Waals surface area (Å²) in [6, 6.07) is 8.05. The second-order valence-corrected chi connectivity index (χ2v) is 5.67. The minimum absolute atomic E-state index is 0.0657. The number of nitro benzene ring substituents is 1. The maximum absolute atomic E-state index is 13.2. The third-order valence-electron chi connectivity index (χ3n) is 3.19. The average molecular weight is 353 g/mol. The summed E-state index contributed by atoms with van der Waals surface area (Å²) in [5, 5.41) is 14.1. The Kier molecular flexibility index (Phi) is 4.57. The van der Waals surface area contributed by atoms with Crippen molar-refractivity contribution in [2.75, 3.05) is 5.32 Å². The number of rotatable bonds is 4. The Morgan fingerprint density at radius 1 is 1.24 bits per heavy atom. The van der Waals surface area contributed by atoms with E-state index in [1.54, 1.807) is 32.0 Å². The molecule has 0 unspecified atom stereocenters. The lowest BCUT2D eigenvalue weighted by Crippen LogP contribution is -2.02. The predicted molar refractivity (Wildman–Crippen MR) is 84.0 cm³/mol. The Morgan fingerprint density at radius 2 is 1.95 bits per heavy atom. The standard InChI is InChI=1S/C15H14BrFN2O2/c1-9-5-11(3-4-13(9)17)8-18-14-7-15(19(20)21)10(2)6-12(14)16/h3-7,18H,8H2,1-2H3. The van der Waals surface area contributed by atoms with Gasteiger partial charge in [0.15, 0.2) is 0 Å². The Balaban J connectivity index is 2.21. The number of benzene rings is 2. The summed E-state index contributed by atoms with van der Waals surface area (Å²) < 4.78 is 14.0. The molecular weight excluding hydrogens is 339 g/mol. The van der Waals surface area contributed by atoms with Gasteiger partial charge in [-0.25, -0.2) is 4.39 Å². The summed E-state index contributed by atoms with van der Waals surface area (Å²) in [4.78, 5) is 10.6. The van der Waals surface area contributed by atoms with E-state index in [-0.39, 0.29) is 11.5 Å². The van der Waals surface area contributed by atoms with E-state index in [1.165, 1.54) is 12.1 Å². The number of aryl methyl sites for hydroxylation is 2. The molecule has 0 radical (unpaired) electrons. The van der Waals surface area contributed by atoms with Gasteiger partial charge in [-0.15, -0.1) is 0 Å². The zero-order valence-corrected chi connectivity index (χ0v) is 13.2. The molecular formula is C15H14BrFN2O2. The summed E-state index contributed by atoms with van der Waals surface area (Å²) in [5.74, 6) is -0.245. The molecule has 0 amide bonds. The van der Waals surface area contributed by atoms with Gasteiger partial charge < -0.3 is 5.32 Å². The first-order valence-corrected chi connectivity index (χ1v) is 7.11. The molecule has 21 heavy (non-hydrogen) atoms. The van der Waals surface area contributed by atoms with Crippen molar-refractivity contribution in [2.24, 2.45) is 0 Å². The van der Waals surface area contributed by atoms with E-state index in [0.29, 0.717) is 23.4 Å². The van der Waals surface area contributed by atoms with Crippen molar-refractivity contribution >= 4 is 27.3 Å². The number of hydrogen-bond acceptors (Lipinski definition) is 3. The summed E-state index contributed by atoms with van der Waals surface area (Å²) in [5.41, 5.74) is 2.77. The van der Waals surface area contributed by atoms with Crippen LogP contribution in [-0.4, -0.2) is 4.92 Å². The fourth-order valence-electron chi connectivity index (χ4n) is 2.01. The van der Waals surface area contributed by atoms with Crippen LogP contribution in [0.25, 0.3) is 0 Å². The molecule has 2 rings (SSSR count). The zero-order chi connectivity index (χ0) is 15.6. The van der Waals surface area contributed by atoms with E-state index in [2.05, 4.69) is 21.2 Å². The smallest absolute Gasteiger partial charge is 0.274 e. The largest absolute Gasteiger partial charge is 0.380 e. The Morgan fingerprint density at radius 3 is 2.57 bits per heavy atom. The first kappa shape index (κ1) is 15.4. The van der Waals surface area contributed by atoms with E-state index in [9.17, 15) is 14.5 Å². The van der Waals surface area contributed by atoms with Gasteiger partial charge in [-0.05, 0) is 53.0 Å². The average Bonchev–Trinajstić information content (AvgIpc) is 2.41.